The molecule has 0 bridgehead atoms. The van der Waals surface area contributed by atoms with E-state index < -0.39 is 0 Å². The van der Waals surface area contributed by atoms with Gasteiger partial charge in [-0.25, -0.2) is 0 Å². The number of benzene rings is 2. The van der Waals surface area contributed by atoms with Crippen molar-refractivity contribution in [1.29, 1.82) is 0 Å². The molecule has 1 N–H and O–H groups in total. The monoisotopic (exact) mass is 344 g/mol. The molecule has 0 aromatic heterocycles. The molecule has 0 atom stereocenters. The highest BCUT2D eigenvalue weighted by Gasteiger charge is 2.22. The van der Waals surface area contributed by atoms with Gasteiger partial charge in [-0.15, -0.1) is 0 Å². The highest BCUT2D eigenvalue weighted by molar-refractivity contribution is 9.10. The van der Waals surface area contributed by atoms with Gasteiger partial charge in [0.05, 0.1) is 0 Å². The van der Waals surface area contributed by atoms with Gasteiger partial charge in [0.25, 0.3) is 5.91 Å². The Hall–Kier alpha value is -1.65. The number of nitrogens with one attached hydrogen (secondary N) is 1. The first-order valence-corrected chi connectivity index (χ1v) is 7.83. The van der Waals surface area contributed by atoms with Gasteiger partial charge in [-0.1, -0.05) is 34.1 Å². The predicted molar refractivity (Wildman–Crippen MR) is 88.7 cm³/mol. The smallest absolute Gasteiger partial charge is 0.258 e. The first-order valence-electron chi connectivity index (χ1n) is 7.03. The van der Waals surface area contributed by atoms with Crippen LogP contribution in [0.4, 0.5) is 5.69 Å². The average Bonchev–Trinajstić information content (AvgIpc) is 2.69. The molecule has 0 aliphatic carbocycles. The second kappa shape index (κ2) is 6.00. The number of hydrogen-bond acceptors (Lipinski definition) is 2. The first kappa shape index (κ1) is 14.3. The van der Waals surface area contributed by atoms with Gasteiger partial charge in [0.2, 0.25) is 0 Å². The van der Waals surface area contributed by atoms with E-state index in [1.54, 1.807) is 0 Å². The molecule has 4 heteroatoms. The van der Waals surface area contributed by atoms with Crippen LogP contribution in [0.25, 0.3) is 0 Å². The number of carbonyl (C=O) groups excluding carboxylic acids is 1. The molecule has 0 unspecified atom stereocenters. The topological polar surface area (TPSA) is 32.3 Å². The zero-order chi connectivity index (χ0) is 14.8. The summed E-state index contributed by atoms with van der Waals surface area (Å²) in [6.07, 6.45) is 0. The van der Waals surface area contributed by atoms with Crippen molar-refractivity contribution in [3.63, 3.8) is 0 Å². The summed E-state index contributed by atoms with van der Waals surface area (Å²) in [5.74, 6) is 0.0659. The molecule has 0 saturated carbocycles. The fraction of sp³-hybridized carbons (Fsp3) is 0.235. The SMILES string of the molecule is Cc1cc(Br)ccc1C(=O)N1CCNCc2ccccc21. The molecule has 2 aromatic carbocycles. The van der Waals surface area contributed by atoms with Crippen LogP contribution < -0.4 is 10.2 Å². The lowest BCUT2D eigenvalue weighted by molar-refractivity contribution is 0.0987. The summed E-state index contributed by atoms with van der Waals surface area (Å²) in [5, 5.41) is 3.36. The van der Waals surface area contributed by atoms with Crippen LogP contribution in [0.1, 0.15) is 21.5 Å². The lowest BCUT2D eigenvalue weighted by Crippen LogP contribution is -2.35. The lowest BCUT2D eigenvalue weighted by Gasteiger charge is -2.23. The highest BCUT2D eigenvalue weighted by Crippen LogP contribution is 2.25. The van der Waals surface area contributed by atoms with Gasteiger partial charge in [0, 0.05) is 35.4 Å². The molecule has 1 amide bonds. The minimum atomic E-state index is 0.0659. The van der Waals surface area contributed by atoms with E-state index in [2.05, 4.69) is 27.3 Å². The Bertz CT molecular complexity index is 684. The molecule has 1 heterocycles. The maximum atomic E-state index is 12.9. The molecule has 0 spiro atoms. The van der Waals surface area contributed by atoms with Crippen molar-refractivity contribution >= 4 is 27.5 Å². The number of halogens is 1. The Kier molecular flexibility index (Phi) is 4.08. The largest absolute Gasteiger partial charge is 0.311 e. The summed E-state index contributed by atoms with van der Waals surface area (Å²) in [6.45, 7) is 4.26. The molecule has 0 saturated heterocycles. The molecular formula is C17H17BrN2O. The second-order valence-corrected chi connectivity index (χ2v) is 6.14. The number of fused-ring (bicyclic) bond motifs is 1. The maximum absolute atomic E-state index is 12.9. The minimum Gasteiger partial charge on any atom is -0.311 e. The van der Waals surface area contributed by atoms with E-state index in [4.69, 9.17) is 0 Å². The first-order chi connectivity index (χ1) is 10.2. The zero-order valence-electron chi connectivity index (χ0n) is 11.9. The summed E-state index contributed by atoms with van der Waals surface area (Å²) >= 11 is 3.44. The van der Waals surface area contributed by atoms with Crippen LogP contribution in [-0.4, -0.2) is 19.0 Å². The Morgan fingerprint density at radius 3 is 2.86 bits per heavy atom. The van der Waals surface area contributed by atoms with Gasteiger partial charge in [-0.05, 0) is 42.3 Å². The van der Waals surface area contributed by atoms with E-state index in [0.717, 1.165) is 39.9 Å². The molecule has 2 aromatic rings. The number of para-hydroxylation sites is 1. The van der Waals surface area contributed by atoms with Crippen LogP contribution >= 0.6 is 15.9 Å². The third-order valence-electron chi connectivity index (χ3n) is 3.77. The Balaban J connectivity index is 2.01. The van der Waals surface area contributed by atoms with Crippen molar-refractivity contribution in [2.45, 2.75) is 13.5 Å². The molecule has 3 nitrogen and oxygen atoms in total. The number of amides is 1. The molecule has 108 valence electrons. The summed E-state index contributed by atoms with van der Waals surface area (Å²) in [5.41, 5.74) is 3.92. The van der Waals surface area contributed by atoms with E-state index in [9.17, 15) is 4.79 Å². The second-order valence-electron chi connectivity index (χ2n) is 5.22. The van der Waals surface area contributed by atoms with Crippen molar-refractivity contribution in [3.05, 3.63) is 63.6 Å². The molecule has 1 aliphatic heterocycles. The number of hydrogen-bond donors (Lipinski definition) is 1. The predicted octanol–water partition coefficient (Wildman–Crippen LogP) is 3.51. The van der Waals surface area contributed by atoms with Crippen molar-refractivity contribution in [2.24, 2.45) is 0 Å². The number of carbonyl (C=O) groups is 1. The summed E-state index contributed by atoms with van der Waals surface area (Å²) < 4.78 is 0.995. The van der Waals surface area contributed by atoms with Crippen molar-refractivity contribution in [3.8, 4) is 0 Å². The third-order valence-corrected chi connectivity index (χ3v) is 4.27. The van der Waals surface area contributed by atoms with Crippen molar-refractivity contribution in [2.75, 3.05) is 18.0 Å². The molecule has 0 fully saturated rings. The van der Waals surface area contributed by atoms with Gasteiger partial charge >= 0.3 is 0 Å². The number of nitrogens with zero attached hydrogens (tertiary/aromatic N) is 1. The van der Waals surface area contributed by atoms with E-state index in [1.165, 1.54) is 0 Å². The van der Waals surface area contributed by atoms with Crippen LogP contribution in [0, 0.1) is 6.92 Å². The summed E-state index contributed by atoms with van der Waals surface area (Å²) in [6, 6.07) is 13.9. The highest BCUT2D eigenvalue weighted by atomic mass is 79.9. The van der Waals surface area contributed by atoms with Crippen molar-refractivity contribution < 1.29 is 4.79 Å². The quantitative estimate of drug-likeness (QED) is 0.858. The number of rotatable bonds is 1. The molecule has 1 aliphatic rings. The van der Waals surface area contributed by atoms with Gasteiger partial charge in [0.1, 0.15) is 0 Å². The van der Waals surface area contributed by atoms with Gasteiger partial charge in [-0.3, -0.25) is 4.79 Å². The number of anilines is 1. The molecule has 21 heavy (non-hydrogen) atoms. The molecular weight excluding hydrogens is 328 g/mol. The van der Waals surface area contributed by atoms with Gasteiger partial charge in [-0.2, -0.15) is 0 Å². The van der Waals surface area contributed by atoms with Gasteiger partial charge in [0.15, 0.2) is 0 Å². The van der Waals surface area contributed by atoms with Crippen molar-refractivity contribution in [1.82, 2.24) is 5.32 Å². The van der Waals surface area contributed by atoms with Crippen LogP contribution in [-0.2, 0) is 6.54 Å². The van der Waals surface area contributed by atoms with E-state index in [1.807, 2.05) is 48.2 Å². The van der Waals surface area contributed by atoms with Gasteiger partial charge < -0.3 is 10.2 Å². The van der Waals surface area contributed by atoms with E-state index >= 15 is 0 Å². The van der Waals surface area contributed by atoms with Crippen LogP contribution in [0.2, 0.25) is 0 Å². The lowest BCUT2D eigenvalue weighted by atomic mass is 10.1. The summed E-state index contributed by atoms with van der Waals surface area (Å²) in [4.78, 5) is 14.8. The van der Waals surface area contributed by atoms with Crippen LogP contribution in [0.15, 0.2) is 46.9 Å². The minimum absolute atomic E-state index is 0.0659. The van der Waals surface area contributed by atoms with Crippen LogP contribution in [0.3, 0.4) is 0 Å². The number of aryl methyl sites for hydroxylation is 1. The van der Waals surface area contributed by atoms with E-state index in [0.29, 0.717) is 6.54 Å². The summed E-state index contributed by atoms with van der Waals surface area (Å²) in [7, 11) is 0. The van der Waals surface area contributed by atoms with Crippen LogP contribution in [0.5, 0.6) is 0 Å². The Labute approximate surface area is 133 Å². The van der Waals surface area contributed by atoms with E-state index in [-0.39, 0.29) is 5.91 Å². The average molecular weight is 345 g/mol. The normalized spacial score (nSPS) is 14.5. The fourth-order valence-electron chi connectivity index (χ4n) is 2.68. The standard InChI is InChI=1S/C17H17BrN2O/c1-12-10-14(18)6-7-15(12)17(21)20-9-8-19-11-13-4-2-3-5-16(13)20/h2-7,10,19H,8-9,11H2,1H3. The molecule has 0 radical (unpaired) electrons. The Morgan fingerprint density at radius 1 is 1.24 bits per heavy atom. The third kappa shape index (κ3) is 2.87. The fourth-order valence-corrected chi connectivity index (χ4v) is 3.16. The zero-order valence-corrected chi connectivity index (χ0v) is 13.5. The maximum Gasteiger partial charge on any atom is 0.258 e. The molecule has 3 rings (SSSR count). The Morgan fingerprint density at radius 2 is 2.05 bits per heavy atom.